The van der Waals surface area contributed by atoms with Crippen LogP contribution in [0.3, 0.4) is 0 Å². The molecule has 0 aromatic heterocycles. The van der Waals surface area contributed by atoms with Crippen molar-refractivity contribution in [3.05, 3.63) is 0 Å². The number of alkyl halides is 1. The van der Waals surface area contributed by atoms with Crippen LogP contribution in [0.2, 0.25) is 0 Å². The van der Waals surface area contributed by atoms with E-state index in [0.717, 1.165) is 12.8 Å². The van der Waals surface area contributed by atoms with Gasteiger partial charge >= 0.3 is 0 Å². The second-order valence-electron chi connectivity index (χ2n) is 2.48. The Kier molecular flexibility index (Phi) is 1.93. The molecule has 0 aromatic carbocycles. The van der Waals surface area contributed by atoms with E-state index in [4.69, 9.17) is 0 Å². The third-order valence-corrected chi connectivity index (χ3v) is 2.41. The molecule has 0 bridgehead atoms. The molecule has 2 heteroatoms. The molecule has 1 fully saturated rings. The Morgan fingerprint density at radius 1 is 1.12 bits per heavy atom. The van der Waals surface area contributed by atoms with E-state index < -0.39 is 4.51 Å². The first-order chi connectivity index (χ1) is 3.71. The molecule has 0 aromatic rings. The first-order valence-corrected chi connectivity index (χ1v) is 3.91. The van der Waals surface area contributed by atoms with Crippen LogP contribution in [0.4, 0.5) is 0 Å². The Hall–Kier alpha value is 0.440. The van der Waals surface area contributed by atoms with Crippen molar-refractivity contribution >= 4 is 15.9 Å². The Bertz CT molecular complexity index is 72.6. The molecule has 8 heavy (non-hydrogen) atoms. The average Bonchev–Trinajstić information content (AvgIpc) is 1.65. The molecule has 0 amide bonds. The van der Waals surface area contributed by atoms with Crippen molar-refractivity contribution in [1.29, 1.82) is 0 Å². The summed E-state index contributed by atoms with van der Waals surface area (Å²) in [6, 6.07) is 0. The number of rotatable bonds is 0. The summed E-state index contributed by atoms with van der Waals surface area (Å²) in [6.45, 7) is 0. The number of hydrogen-bond donors (Lipinski definition) is 1. The van der Waals surface area contributed by atoms with Gasteiger partial charge in [-0.2, -0.15) is 0 Å². The summed E-state index contributed by atoms with van der Waals surface area (Å²) in [4.78, 5) is 0. The van der Waals surface area contributed by atoms with Gasteiger partial charge in [0.05, 0.1) is 0 Å². The van der Waals surface area contributed by atoms with Crippen molar-refractivity contribution in [2.75, 3.05) is 0 Å². The fourth-order valence-electron chi connectivity index (χ4n) is 1.09. The van der Waals surface area contributed by atoms with Crippen molar-refractivity contribution in [3.8, 4) is 0 Å². The van der Waals surface area contributed by atoms with E-state index in [-0.39, 0.29) is 0 Å². The Labute approximate surface area is 58.2 Å². The van der Waals surface area contributed by atoms with Crippen LogP contribution >= 0.6 is 15.9 Å². The van der Waals surface area contributed by atoms with Gasteiger partial charge in [0.2, 0.25) is 0 Å². The smallest absolute Gasteiger partial charge is 0.119 e. The highest BCUT2D eigenvalue weighted by atomic mass is 79.9. The monoisotopic (exact) mass is 178 g/mol. The predicted molar refractivity (Wildman–Crippen MR) is 37.0 cm³/mol. The van der Waals surface area contributed by atoms with Gasteiger partial charge in [0.15, 0.2) is 0 Å². The quantitative estimate of drug-likeness (QED) is 0.564. The van der Waals surface area contributed by atoms with Gasteiger partial charge in [-0.05, 0) is 25.7 Å². The maximum atomic E-state index is 9.29. The normalized spacial score (nSPS) is 27.8. The minimum absolute atomic E-state index is 0.509. The predicted octanol–water partition coefficient (Wildman–Crippen LogP) is 2.03. The van der Waals surface area contributed by atoms with Crippen molar-refractivity contribution < 1.29 is 5.11 Å². The van der Waals surface area contributed by atoms with E-state index in [1.165, 1.54) is 19.3 Å². The molecule has 1 aliphatic rings. The van der Waals surface area contributed by atoms with Gasteiger partial charge in [0, 0.05) is 0 Å². The Morgan fingerprint density at radius 3 is 1.88 bits per heavy atom. The van der Waals surface area contributed by atoms with E-state index in [1.807, 2.05) is 0 Å². The van der Waals surface area contributed by atoms with Gasteiger partial charge < -0.3 is 5.11 Å². The number of hydrogen-bond acceptors (Lipinski definition) is 1. The summed E-state index contributed by atoms with van der Waals surface area (Å²) < 4.78 is -0.509. The fourth-order valence-corrected chi connectivity index (χ4v) is 1.65. The van der Waals surface area contributed by atoms with Gasteiger partial charge in [0.25, 0.3) is 0 Å². The Balaban J connectivity index is 2.33. The second-order valence-corrected chi connectivity index (χ2v) is 3.95. The molecule has 0 unspecified atom stereocenters. The summed E-state index contributed by atoms with van der Waals surface area (Å²) in [6.07, 6.45) is 5.47. The summed E-state index contributed by atoms with van der Waals surface area (Å²) in [7, 11) is 0. The lowest BCUT2D eigenvalue weighted by Crippen LogP contribution is -2.22. The molecule has 1 N–H and O–H groups in total. The maximum absolute atomic E-state index is 9.29. The molecule has 1 rings (SSSR count). The minimum atomic E-state index is -0.509. The summed E-state index contributed by atoms with van der Waals surface area (Å²) in [5, 5.41) is 9.29. The van der Waals surface area contributed by atoms with E-state index >= 15 is 0 Å². The highest BCUT2D eigenvalue weighted by Gasteiger charge is 2.24. The topological polar surface area (TPSA) is 20.2 Å². The largest absolute Gasteiger partial charge is 0.379 e. The molecule has 0 atom stereocenters. The minimum Gasteiger partial charge on any atom is -0.379 e. The van der Waals surface area contributed by atoms with E-state index in [2.05, 4.69) is 15.9 Å². The molecular weight excluding hydrogens is 168 g/mol. The second kappa shape index (κ2) is 2.36. The molecular formula is C6H11BrO. The van der Waals surface area contributed by atoms with Crippen LogP contribution < -0.4 is 0 Å². The number of aliphatic hydroxyl groups is 1. The summed E-state index contributed by atoms with van der Waals surface area (Å²) in [5.74, 6) is 0. The molecule has 1 saturated carbocycles. The molecule has 0 aliphatic heterocycles. The van der Waals surface area contributed by atoms with Crippen LogP contribution in [0, 0.1) is 0 Å². The zero-order chi connectivity index (χ0) is 6.04. The first kappa shape index (κ1) is 6.56. The molecule has 48 valence electrons. The van der Waals surface area contributed by atoms with Crippen molar-refractivity contribution in [2.24, 2.45) is 0 Å². The molecule has 0 radical (unpaired) electrons. The molecule has 0 saturated heterocycles. The van der Waals surface area contributed by atoms with Gasteiger partial charge in [-0.3, -0.25) is 0 Å². The van der Waals surface area contributed by atoms with Crippen LogP contribution in [0.1, 0.15) is 32.1 Å². The third-order valence-electron chi connectivity index (χ3n) is 1.62. The van der Waals surface area contributed by atoms with E-state index in [9.17, 15) is 5.11 Å². The average molecular weight is 179 g/mol. The zero-order valence-electron chi connectivity index (χ0n) is 4.86. The number of halogens is 1. The van der Waals surface area contributed by atoms with Crippen molar-refractivity contribution in [2.45, 2.75) is 36.6 Å². The van der Waals surface area contributed by atoms with Crippen LogP contribution in [0.15, 0.2) is 0 Å². The summed E-state index contributed by atoms with van der Waals surface area (Å²) in [5.41, 5.74) is 0. The zero-order valence-corrected chi connectivity index (χ0v) is 6.45. The van der Waals surface area contributed by atoms with Gasteiger partial charge in [-0.25, -0.2) is 0 Å². The molecule has 0 heterocycles. The van der Waals surface area contributed by atoms with Crippen LogP contribution in [-0.4, -0.2) is 9.62 Å². The van der Waals surface area contributed by atoms with E-state index in [0.29, 0.717) is 0 Å². The lowest BCUT2D eigenvalue weighted by molar-refractivity contribution is 0.102. The SMILES string of the molecule is OC1(Br)CCCCC1. The Morgan fingerprint density at radius 2 is 1.62 bits per heavy atom. The third kappa shape index (κ3) is 1.75. The van der Waals surface area contributed by atoms with Crippen LogP contribution in [-0.2, 0) is 0 Å². The van der Waals surface area contributed by atoms with Gasteiger partial charge in [0.1, 0.15) is 4.51 Å². The fraction of sp³-hybridized carbons (Fsp3) is 1.00. The van der Waals surface area contributed by atoms with E-state index in [1.54, 1.807) is 0 Å². The van der Waals surface area contributed by atoms with Crippen molar-refractivity contribution in [3.63, 3.8) is 0 Å². The van der Waals surface area contributed by atoms with Crippen molar-refractivity contribution in [1.82, 2.24) is 0 Å². The van der Waals surface area contributed by atoms with Crippen LogP contribution in [0.25, 0.3) is 0 Å². The van der Waals surface area contributed by atoms with Gasteiger partial charge in [-0.1, -0.05) is 22.4 Å². The van der Waals surface area contributed by atoms with Gasteiger partial charge in [-0.15, -0.1) is 0 Å². The maximum Gasteiger partial charge on any atom is 0.119 e. The molecule has 1 nitrogen and oxygen atoms in total. The molecule has 0 spiro atoms. The van der Waals surface area contributed by atoms with Crippen LogP contribution in [0.5, 0.6) is 0 Å². The lowest BCUT2D eigenvalue weighted by atomic mass is 9.98. The lowest BCUT2D eigenvalue weighted by Gasteiger charge is -2.25. The molecule has 1 aliphatic carbocycles. The highest BCUT2D eigenvalue weighted by Crippen LogP contribution is 2.32. The first-order valence-electron chi connectivity index (χ1n) is 3.12. The highest BCUT2D eigenvalue weighted by molar-refractivity contribution is 9.10. The standard InChI is InChI=1S/C6H11BrO/c7-6(8)4-2-1-3-5-6/h8H,1-5H2. The summed E-state index contributed by atoms with van der Waals surface area (Å²) >= 11 is 3.25.